The Morgan fingerprint density at radius 1 is 0.941 bits per heavy atom. The lowest BCUT2D eigenvalue weighted by atomic mass is 10.2. The summed E-state index contributed by atoms with van der Waals surface area (Å²) in [6, 6.07) is 10.9. The van der Waals surface area contributed by atoms with Gasteiger partial charge in [0.05, 0.1) is 0 Å². The molecule has 0 aromatic heterocycles. The van der Waals surface area contributed by atoms with Gasteiger partial charge in [-0.2, -0.15) is 0 Å². The van der Waals surface area contributed by atoms with E-state index in [2.05, 4.69) is 0 Å². The lowest BCUT2D eigenvalue weighted by Crippen LogP contribution is -1.86. The summed E-state index contributed by atoms with van der Waals surface area (Å²) in [5.74, 6) is -0.565. The molecule has 2 rings (SSSR count). The van der Waals surface area contributed by atoms with Gasteiger partial charge in [0.2, 0.25) is 0 Å². The fraction of sp³-hybridized carbons (Fsp3) is 0.0769. The maximum absolute atomic E-state index is 12.9. The van der Waals surface area contributed by atoms with Gasteiger partial charge in [0, 0.05) is 21.7 Å². The van der Waals surface area contributed by atoms with Crippen molar-refractivity contribution in [2.45, 2.75) is 10.6 Å². The zero-order valence-electron chi connectivity index (χ0n) is 8.79. The molecule has 2 aromatic rings. The van der Waals surface area contributed by atoms with Gasteiger partial charge in [-0.1, -0.05) is 11.6 Å². The van der Waals surface area contributed by atoms with Crippen LogP contribution in [0.3, 0.4) is 0 Å². The number of thioether (sulfide) groups is 1. The summed E-state index contributed by atoms with van der Waals surface area (Å²) in [6.45, 7) is 0. The molecule has 0 aliphatic rings. The first-order chi connectivity index (χ1) is 8.13. The van der Waals surface area contributed by atoms with Gasteiger partial charge in [0.1, 0.15) is 11.6 Å². The lowest BCUT2D eigenvalue weighted by Gasteiger charge is -2.03. The third-order valence-corrected chi connectivity index (χ3v) is 3.48. The van der Waals surface area contributed by atoms with Crippen LogP contribution in [0.5, 0.6) is 0 Å². The lowest BCUT2D eigenvalue weighted by molar-refractivity contribution is 0.581. The molecule has 0 N–H and O–H groups in total. The molecule has 0 saturated heterocycles. The molecule has 0 aliphatic carbocycles. The van der Waals surface area contributed by atoms with Crippen molar-refractivity contribution in [3.63, 3.8) is 0 Å². The second-order valence-corrected chi connectivity index (χ2v) is 5.01. The average Bonchev–Trinajstić information content (AvgIpc) is 2.27. The topological polar surface area (TPSA) is 0 Å². The Morgan fingerprint density at radius 2 is 1.53 bits per heavy atom. The Labute approximate surface area is 108 Å². The second-order valence-electron chi connectivity index (χ2n) is 3.52. The van der Waals surface area contributed by atoms with Gasteiger partial charge in [0.15, 0.2) is 0 Å². The maximum Gasteiger partial charge on any atom is 0.126 e. The molecule has 4 heteroatoms. The van der Waals surface area contributed by atoms with Crippen LogP contribution in [0.4, 0.5) is 8.78 Å². The van der Waals surface area contributed by atoms with Crippen LogP contribution in [0, 0.1) is 11.6 Å². The van der Waals surface area contributed by atoms with Crippen molar-refractivity contribution in [1.29, 1.82) is 0 Å². The molecule has 0 heterocycles. The molecule has 0 radical (unpaired) electrons. The highest BCUT2D eigenvalue weighted by Gasteiger charge is 2.01. The minimum Gasteiger partial charge on any atom is -0.207 e. The van der Waals surface area contributed by atoms with Crippen molar-refractivity contribution in [2.75, 3.05) is 0 Å². The first-order valence-corrected chi connectivity index (χ1v) is 6.33. The Hall–Kier alpha value is -1.06. The number of benzene rings is 2. The Kier molecular flexibility index (Phi) is 4.02. The first kappa shape index (κ1) is 12.4. The van der Waals surface area contributed by atoms with E-state index in [9.17, 15) is 8.78 Å². The predicted molar refractivity (Wildman–Crippen MR) is 67.4 cm³/mol. The van der Waals surface area contributed by atoms with Crippen molar-refractivity contribution in [2.24, 2.45) is 0 Å². The summed E-state index contributed by atoms with van der Waals surface area (Å²) in [7, 11) is 0. The summed E-state index contributed by atoms with van der Waals surface area (Å²) in [5, 5.41) is 0.672. The molecule has 0 fully saturated rings. The maximum atomic E-state index is 12.9. The molecule has 2 aromatic carbocycles. The first-order valence-electron chi connectivity index (χ1n) is 4.97. The largest absolute Gasteiger partial charge is 0.207 e. The standard InChI is InChI=1S/C13H9ClF2S/c14-10-1-3-13(4-2-10)17-8-9-5-11(15)7-12(16)6-9/h1-7H,8H2. The van der Waals surface area contributed by atoms with Crippen molar-refractivity contribution in [3.05, 3.63) is 64.7 Å². The van der Waals surface area contributed by atoms with Gasteiger partial charge in [-0.25, -0.2) is 8.78 Å². The minimum absolute atomic E-state index is 0.524. The molecule has 88 valence electrons. The molecular formula is C13H9ClF2S. The highest BCUT2D eigenvalue weighted by molar-refractivity contribution is 7.98. The molecule has 0 spiro atoms. The summed E-state index contributed by atoms with van der Waals surface area (Å²) in [6.07, 6.45) is 0. The van der Waals surface area contributed by atoms with Crippen LogP contribution in [0.2, 0.25) is 5.02 Å². The minimum atomic E-state index is -0.545. The summed E-state index contributed by atoms with van der Waals surface area (Å²) in [5.41, 5.74) is 0.627. The fourth-order valence-corrected chi connectivity index (χ4v) is 2.35. The van der Waals surface area contributed by atoms with Gasteiger partial charge < -0.3 is 0 Å². The van der Waals surface area contributed by atoms with Crippen molar-refractivity contribution < 1.29 is 8.78 Å². The van der Waals surface area contributed by atoms with Crippen molar-refractivity contribution in [1.82, 2.24) is 0 Å². The highest BCUT2D eigenvalue weighted by Crippen LogP contribution is 2.24. The normalized spacial score (nSPS) is 10.5. The molecule has 0 atom stereocenters. The number of halogens is 3. The zero-order valence-corrected chi connectivity index (χ0v) is 10.4. The Bertz CT molecular complexity index is 491. The van der Waals surface area contributed by atoms with Crippen LogP contribution in [0.15, 0.2) is 47.4 Å². The number of hydrogen-bond donors (Lipinski definition) is 0. The Balaban J connectivity index is 2.04. The summed E-state index contributed by atoms with van der Waals surface area (Å²) < 4.78 is 25.9. The molecule has 0 amide bonds. The average molecular weight is 271 g/mol. The molecule has 0 saturated carbocycles. The molecular weight excluding hydrogens is 262 g/mol. The quantitative estimate of drug-likeness (QED) is 0.714. The van der Waals surface area contributed by atoms with E-state index in [0.717, 1.165) is 11.0 Å². The smallest absolute Gasteiger partial charge is 0.126 e. The third-order valence-electron chi connectivity index (χ3n) is 2.14. The van der Waals surface area contributed by atoms with Crippen LogP contribution in [-0.4, -0.2) is 0 Å². The van der Waals surface area contributed by atoms with Gasteiger partial charge in [0.25, 0.3) is 0 Å². The number of rotatable bonds is 3. The van der Waals surface area contributed by atoms with E-state index >= 15 is 0 Å². The summed E-state index contributed by atoms with van der Waals surface area (Å²) in [4.78, 5) is 1.01. The van der Waals surface area contributed by atoms with Crippen LogP contribution in [-0.2, 0) is 5.75 Å². The molecule has 0 aliphatic heterocycles. The van der Waals surface area contributed by atoms with Gasteiger partial charge in [-0.3, -0.25) is 0 Å². The number of hydrogen-bond acceptors (Lipinski definition) is 1. The predicted octanol–water partition coefficient (Wildman–Crippen LogP) is 4.91. The molecule has 0 unspecified atom stereocenters. The third kappa shape index (κ3) is 3.72. The van der Waals surface area contributed by atoms with Gasteiger partial charge in [-0.15, -0.1) is 11.8 Å². The van der Waals surface area contributed by atoms with Crippen LogP contribution in [0.1, 0.15) is 5.56 Å². The fourth-order valence-electron chi connectivity index (χ4n) is 1.39. The zero-order chi connectivity index (χ0) is 12.3. The van der Waals surface area contributed by atoms with E-state index in [1.807, 2.05) is 12.1 Å². The van der Waals surface area contributed by atoms with Crippen LogP contribution >= 0.6 is 23.4 Å². The molecule has 0 nitrogen and oxygen atoms in total. The van der Waals surface area contributed by atoms with E-state index in [-0.39, 0.29) is 0 Å². The second kappa shape index (κ2) is 5.52. The van der Waals surface area contributed by atoms with E-state index in [1.165, 1.54) is 23.9 Å². The van der Waals surface area contributed by atoms with Crippen LogP contribution in [0.25, 0.3) is 0 Å². The van der Waals surface area contributed by atoms with Gasteiger partial charge in [-0.05, 0) is 42.0 Å². The van der Waals surface area contributed by atoms with E-state index in [1.54, 1.807) is 12.1 Å². The highest BCUT2D eigenvalue weighted by atomic mass is 35.5. The monoisotopic (exact) mass is 270 g/mol. The van der Waals surface area contributed by atoms with Crippen molar-refractivity contribution >= 4 is 23.4 Å². The van der Waals surface area contributed by atoms with Crippen LogP contribution < -0.4 is 0 Å². The SMILES string of the molecule is Fc1cc(F)cc(CSc2ccc(Cl)cc2)c1. The van der Waals surface area contributed by atoms with Gasteiger partial charge >= 0.3 is 0 Å². The van der Waals surface area contributed by atoms with Crippen molar-refractivity contribution in [3.8, 4) is 0 Å². The Morgan fingerprint density at radius 3 is 2.12 bits per heavy atom. The van der Waals surface area contributed by atoms with E-state index in [4.69, 9.17) is 11.6 Å². The summed E-state index contributed by atoms with van der Waals surface area (Å²) >= 11 is 7.27. The molecule has 17 heavy (non-hydrogen) atoms. The van der Waals surface area contributed by atoms with E-state index < -0.39 is 11.6 Å². The van der Waals surface area contributed by atoms with E-state index in [0.29, 0.717) is 16.3 Å². The molecule has 0 bridgehead atoms.